The largest absolute Gasteiger partial charge is 0.330 e. The number of H-pyrrole nitrogens is 1. The first-order valence-corrected chi connectivity index (χ1v) is 6.04. The standard InChI is InChI=1S/C13H23N3/c1-12(2,3)11-8(7-15-16-11)10-9(6-14)13(10,4)5/h7,9-10H,6,14H2,1-5H3,(H,15,16)/t9-,10-/m1/s1. The van der Waals surface area contributed by atoms with E-state index in [1.165, 1.54) is 11.3 Å². The number of nitrogens with zero attached hydrogens (tertiary/aromatic N) is 1. The SMILES string of the molecule is CC(C)(C)c1[nH]ncc1[C@@H]1[C@@H](CN)C1(C)C. The van der Waals surface area contributed by atoms with Gasteiger partial charge in [0.15, 0.2) is 0 Å². The molecule has 0 aliphatic heterocycles. The summed E-state index contributed by atoms with van der Waals surface area (Å²) in [5.74, 6) is 1.18. The number of aromatic amines is 1. The zero-order valence-corrected chi connectivity index (χ0v) is 11.0. The molecule has 1 aromatic heterocycles. The first kappa shape index (κ1) is 11.6. The number of hydrogen-bond acceptors (Lipinski definition) is 2. The van der Waals surface area contributed by atoms with Crippen LogP contribution in [0.2, 0.25) is 0 Å². The normalized spacial score (nSPS) is 28.1. The van der Waals surface area contributed by atoms with Crippen LogP contribution in [0.4, 0.5) is 0 Å². The van der Waals surface area contributed by atoms with Gasteiger partial charge in [-0.1, -0.05) is 34.6 Å². The lowest BCUT2D eigenvalue weighted by Crippen LogP contribution is -2.14. The summed E-state index contributed by atoms with van der Waals surface area (Å²) in [6.45, 7) is 12.0. The fraction of sp³-hybridized carbons (Fsp3) is 0.769. The minimum absolute atomic E-state index is 0.129. The highest BCUT2D eigenvalue weighted by Crippen LogP contribution is 2.64. The van der Waals surface area contributed by atoms with Gasteiger partial charge in [-0.2, -0.15) is 5.10 Å². The number of aromatic nitrogens is 2. The highest BCUT2D eigenvalue weighted by molar-refractivity contribution is 5.36. The van der Waals surface area contributed by atoms with Crippen LogP contribution in [0.5, 0.6) is 0 Å². The molecule has 0 spiro atoms. The maximum absolute atomic E-state index is 5.83. The Balaban J connectivity index is 2.34. The predicted octanol–water partition coefficient (Wildman–Crippen LogP) is 2.41. The van der Waals surface area contributed by atoms with Gasteiger partial charge in [0.05, 0.1) is 6.20 Å². The van der Waals surface area contributed by atoms with E-state index in [9.17, 15) is 0 Å². The van der Waals surface area contributed by atoms with Crippen molar-refractivity contribution in [1.82, 2.24) is 10.2 Å². The molecule has 3 heteroatoms. The van der Waals surface area contributed by atoms with Crippen LogP contribution in [0.3, 0.4) is 0 Å². The van der Waals surface area contributed by atoms with Crippen LogP contribution >= 0.6 is 0 Å². The third-order valence-corrected chi connectivity index (χ3v) is 4.06. The van der Waals surface area contributed by atoms with Crippen LogP contribution in [0, 0.1) is 11.3 Å². The topological polar surface area (TPSA) is 54.7 Å². The van der Waals surface area contributed by atoms with E-state index in [4.69, 9.17) is 5.73 Å². The predicted molar refractivity (Wildman–Crippen MR) is 66.4 cm³/mol. The minimum Gasteiger partial charge on any atom is -0.330 e. The van der Waals surface area contributed by atoms with E-state index in [1.54, 1.807) is 0 Å². The molecule has 1 aliphatic carbocycles. The summed E-state index contributed by atoms with van der Waals surface area (Å²) in [5, 5.41) is 7.38. The molecule has 0 aromatic carbocycles. The van der Waals surface area contributed by atoms with Crippen molar-refractivity contribution < 1.29 is 0 Å². The van der Waals surface area contributed by atoms with Gasteiger partial charge in [0, 0.05) is 11.1 Å². The van der Waals surface area contributed by atoms with Gasteiger partial charge in [0.25, 0.3) is 0 Å². The molecule has 1 aromatic rings. The van der Waals surface area contributed by atoms with Gasteiger partial charge in [0.1, 0.15) is 0 Å². The molecule has 1 aliphatic rings. The van der Waals surface area contributed by atoms with Crippen molar-refractivity contribution in [3.63, 3.8) is 0 Å². The summed E-state index contributed by atoms with van der Waals surface area (Å²) < 4.78 is 0. The molecule has 3 N–H and O–H groups in total. The van der Waals surface area contributed by atoms with Gasteiger partial charge >= 0.3 is 0 Å². The van der Waals surface area contributed by atoms with Crippen molar-refractivity contribution in [2.24, 2.45) is 17.1 Å². The molecule has 1 heterocycles. The molecule has 2 atom stereocenters. The van der Waals surface area contributed by atoms with Crippen LogP contribution in [0.1, 0.15) is 51.8 Å². The Hall–Kier alpha value is -0.830. The number of rotatable bonds is 2. The van der Waals surface area contributed by atoms with Crippen molar-refractivity contribution in [2.45, 2.75) is 46.0 Å². The molecule has 3 nitrogen and oxygen atoms in total. The summed E-state index contributed by atoms with van der Waals surface area (Å²) in [7, 11) is 0. The van der Waals surface area contributed by atoms with Crippen LogP contribution in [0.15, 0.2) is 6.20 Å². The van der Waals surface area contributed by atoms with Crippen LogP contribution < -0.4 is 5.73 Å². The first-order chi connectivity index (χ1) is 7.30. The maximum atomic E-state index is 5.83. The molecule has 0 saturated heterocycles. The molecule has 1 saturated carbocycles. The number of hydrogen-bond donors (Lipinski definition) is 2. The van der Waals surface area contributed by atoms with E-state index in [2.05, 4.69) is 44.8 Å². The average Bonchev–Trinajstić information content (AvgIpc) is 2.57. The Labute approximate surface area is 97.8 Å². The fourth-order valence-electron chi connectivity index (χ4n) is 2.93. The van der Waals surface area contributed by atoms with Gasteiger partial charge in [0.2, 0.25) is 0 Å². The Morgan fingerprint density at radius 1 is 1.44 bits per heavy atom. The minimum atomic E-state index is 0.129. The third-order valence-electron chi connectivity index (χ3n) is 4.06. The van der Waals surface area contributed by atoms with Crippen molar-refractivity contribution >= 4 is 0 Å². The van der Waals surface area contributed by atoms with E-state index < -0.39 is 0 Å². The molecule has 0 amide bonds. The van der Waals surface area contributed by atoms with Gasteiger partial charge in [-0.15, -0.1) is 0 Å². The monoisotopic (exact) mass is 221 g/mol. The number of nitrogens with two attached hydrogens (primary N) is 1. The Morgan fingerprint density at radius 3 is 2.50 bits per heavy atom. The van der Waals surface area contributed by atoms with Gasteiger partial charge in [-0.05, 0) is 29.4 Å². The highest BCUT2D eigenvalue weighted by Gasteiger charge is 2.58. The van der Waals surface area contributed by atoms with Crippen LogP contribution in [-0.4, -0.2) is 16.7 Å². The summed E-state index contributed by atoms with van der Waals surface area (Å²) in [5.41, 5.74) is 8.93. The second-order valence-corrected chi connectivity index (χ2v) is 6.59. The zero-order chi connectivity index (χ0) is 12.1. The first-order valence-electron chi connectivity index (χ1n) is 6.04. The van der Waals surface area contributed by atoms with Gasteiger partial charge < -0.3 is 5.73 Å². The Kier molecular flexibility index (Phi) is 2.42. The lowest BCUT2D eigenvalue weighted by molar-refractivity contribution is 0.545. The molecule has 0 radical (unpaired) electrons. The summed E-state index contributed by atoms with van der Waals surface area (Å²) in [4.78, 5) is 0. The molecule has 16 heavy (non-hydrogen) atoms. The summed E-state index contributed by atoms with van der Waals surface area (Å²) in [6, 6.07) is 0. The quantitative estimate of drug-likeness (QED) is 0.805. The molecular formula is C13H23N3. The summed E-state index contributed by atoms with van der Waals surface area (Å²) >= 11 is 0. The lowest BCUT2D eigenvalue weighted by atomic mass is 9.87. The molecule has 1 fully saturated rings. The van der Waals surface area contributed by atoms with Gasteiger partial charge in [-0.25, -0.2) is 0 Å². The Bertz CT molecular complexity index is 384. The van der Waals surface area contributed by atoms with Crippen LogP contribution in [-0.2, 0) is 5.41 Å². The van der Waals surface area contributed by atoms with Crippen molar-refractivity contribution in [3.8, 4) is 0 Å². The molecule has 90 valence electrons. The molecule has 0 bridgehead atoms. The van der Waals surface area contributed by atoms with E-state index in [0.717, 1.165) is 6.54 Å². The summed E-state index contributed by atoms with van der Waals surface area (Å²) in [6.07, 6.45) is 1.99. The van der Waals surface area contributed by atoms with Crippen molar-refractivity contribution in [2.75, 3.05) is 6.54 Å². The van der Waals surface area contributed by atoms with E-state index >= 15 is 0 Å². The van der Waals surface area contributed by atoms with Gasteiger partial charge in [-0.3, -0.25) is 5.10 Å². The average molecular weight is 221 g/mol. The molecular weight excluding hydrogens is 198 g/mol. The van der Waals surface area contributed by atoms with E-state index in [-0.39, 0.29) is 5.41 Å². The second kappa shape index (κ2) is 3.33. The highest BCUT2D eigenvalue weighted by atomic mass is 15.1. The maximum Gasteiger partial charge on any atom is 0.0525 e. The lowest BCUT2D eigenvalue weighted by Gasteiger charge is -2.19. The number of nitrogens with one attached hydrogen (secondary N) is 1. The van der Waals surface area contributed by atoms with E-state index in [1.807, 2.05) is 6.20 Å². The Morgan fingerprint density at radius 2 is 2.06 bits per heavy atom. The van der Waals surface area contributed by atoms with E-state index in [0.29, 0.717) is 17.3 Å². The zero-order valence-electron chi connectivity index (χ0n) is 11.0. The smallest absolute Gasteiger partial charge is 0.0525 e. The molecule has 2 rings (SSSR count). The third kappa shape index (κ3) is 1.58. The van der Waals surface area contributed by atoms with Crippen LogP contribution in [0.25, 0.3) is 0 Å². The second-order valence-electron chi connectivity index (χ2n) is 6.59. The van der Waals surface area contributed by atoms with Crippen molar-refractivity contribution in [1.29, 1.82) is 0 Å². The van der Waals surface area contributed by atoms with Crippen molar-refractivity contribution in [3.05, 3.63) is 17.5 Å². The molecule has 0 unspecified atom stereocenters. The fourth-order valence-corrected chi connectivity index (χ4v) is 2.93.